The van der Waals surface area contributed by atoms with Gasteiger partial charge in [0.1, 0.15) is 11.8 Å². The quantitative estimate of drug-likeness (QED) is 0.420. The van der Waals surface area contributed by atoms with Crippen LogP contribution >= 0.6 is 0 Å². The average molecular weight is 411 g/mol. The molecule has 0 heterocycles. The molecular weight excluding hydrogens is 390 g/mol. The lowest BCUT2D eigenvalue weighted by Gasteiger charge is -2.22. The third kappa shape index (κ3) is 6.04. The van der Waals surface area contributed by atoms with Crippen LogP contribution in [0.25, 0.3) is 0 Å². The monoisotopic (exact) mass is 411 g/mol. The lowest BCUT2D eigenvalue weighted by Crippen LogP contribution is -2.24. The van der Waals surface area contributed by atoms with Crippen LogP contribution in [0.5, 0.6) is 5.75 Å². The van der Waals surface area contributed by atoms with E-state index >= 15 is 0 Å². The van der Waals surface area contributed by atoms with Gasteiger partial charge < -0.3 is 14.8 Å². The van der Waals surface area contributed by atoms with Crippen LogP contribution in [0.2, 0.25) is 0 Å². The summed E-state index contributed by atoms with van der Waals surface area (Å²) in [5.41, 5.74) is 0.482. The van der Waals surface area contributed by atoms with E-state index in [9.17, 15) is 19.7 Å². The smallest absolute Gasteiger partial charge is 0.344 e. The first-order valence-corrected chi connectivity index (χ1v) is 8.98. The predicted molar refractivity (Wildman–Crippen MR) is 108 cm³/mol. The first kappa shape index (κ1) is 22.4. The van der Waals surface area contributed by atoms with E-state index < -0.39 is 23.4 Å². The highest BCUT2D eigenvalue weighted by Gasteiger charge is 2.19. The van der Waals surface area contributed by atoms with E-state index in [-0.39, 0.29) is 29.0 Å². The Kier molecular flexibility index (Phi) is 7.09. The number of nitro benzene ring substituents is 1. The molecule has 0 fully saturated rings. The van der Waals surface area contributed by atoms with Crippen molar-refractivity contribution >= 4 is 23.3 Å². The number of hydrogen-bond acceptors (Lipinski definition) is 7. The second-order valence-corrected chi connectivity index (χ2v) is 7.34. The van der Waals surface area contributed by atoms with Crippen LogP contribution in [0.3, 0.4) is 0 Å². The number of rotatable bonds is 7. The van der Waals surface area contributed by atoms with Gasteiger partial charge in [0.15, 0.2) is 13.2 Å². The van der Waals surface area contributed by atoms with Gasteiger partial charge in [-0.3, -0.25) is 14.9 Å². The molecule has 0 radical (unpaired) electrons. The zero-order valence-corrected chi connectivity index (χ0v) is 16.8. The maximum absolute atomic E-state index is 12.0. The fourth-order valence-electron chi connectivity index (χ4n) is 2.57. The minimum absolute atomic E-state index is 0.0778. The van der Waals surface area contributed by atoms with E-state index in [4.69, 9.17) is 14.7 Å². The zero-order valence-electron chi connectivity index (χ0n) is 16.8. The number of hydrogen-bond donors (Lipinski definition) is 1. The van der Waals surface area contributed by atoms with Gasteiger partial charge in [0.05, 0.1) is 16.2 Å². The highest BCUT2D eigenvalue weighted by molar-refractivity contribution is 5.94. The molecular formula is C21H21N3O6. The molecule has 0 aliphatic rings. The first-order valence-electron chi connectivity index (χ1n) is 8.98. The minimum atomic E-state index is -0.738. The van der Waals surface area contributed by atoms with Gasteiger partial charge in [-0.05, 0) is 23.1 Å². The molecule has 156 valence electrons. The van der Waals surface area contributed by atoms with Gasteiger partial charge >= 0.3 is 5.97 Å². The molecule has 9 heteroatoms. The van der Waals surface area contributed by atoms with Crippen LogP contribution in [0.15, 0.2) is 42.5 Å². The average Bonchev–Trinajstić information content (AvgIpc) is 2.70. The van der Waals surface area contributed by atoms with Crippen molar-refractivity contribution in [1.29, 1.82) is 5.26 Å². The van der Waals surface area contributed by atoms with E-state index in [0.717, 1.165) is 17.7 Å². The third-order valence-corrected chi connectivity index (χ3v) is 4.01. The molecule has 0 unspecified atom stereocenters. The number of anilines is 1. The maximum atomic E-state index is 12.0. The van der Waals surface area contributed by atoms with Crippen molar-refractivity contribution in [3.63, 3.8) is 0 Å². The van der Waals surface area contributed by atoms with Crippen molar-refractivity contribution < 1.29 is 24.0 Å². The number of nitriles is 1. The van der Waals surface area contributed by atoms with Gasteiger partial charge in [-0.25, -0.2) is 4.79 Å². The number of benzene rings is 2. The lowest BCUT2D eigenvalue weighted by atomic mass is 9.86. The molecule has 30 heavy (non-hydrogen) atoms. The molecule has 0 saturated carbocycles. The first-order chi connectivity index (χ1) is 14.1. The highest BCUT2D eigenvalue weighted by atomic mass is 16.6. The molecule has 1 N–H and O–H groups in total. The van der Waals surface area contributed by atoms with Crippen molar-refractivity contribution in [2.24, 2.45) is 0 Å². The topological polar surface area (TPSA) is 132 Å². The number of nitrogens with one attached hydrogen (secondary N) is 1. The fourth-order valence-corrected chi connectivity index (χ4v) is 2.57. The number of esters is 1. The fraction of sp³-hybridized carbons (Fsp3) is 0.286. The minimum Gasteiger partial charge on any atom is -0.482 e. The van der Waals surface area contributed by atoms with Crippen molar-refractivity contribution in [3.8, 4) is 11.8 Å². The summed E-state index contributed by atoms with van der Waals surface area (Å²) in [6.45, 7) is 5.09. The molecule has 2 rings (SSSR count). The second kappa shape index (κ2) is 9.52. The van der Waals surface area contributed by atoms with E-state index in [1.54, 1.807) is 18.2 Å². The summed E-state index contributed by atoms with van der Waals surface area (Å²) in [6, 6.07) is 12.5. The Morgan fingerprint density at radius 3 is 2.50 bits per heavy atom. The summed E-state index contributed by atoms with van der Waals surface area (Å²) in [6.07, 6.45) is 0. The number of non-ortho nitro benzene ring substituents is 1. The molecule has 9 nitrogen and oxygen atoms in total. The van der Waals surface area contributed by atoms with Crippen LogP contribution in [-0.4, -0.2) is 30.0 Å². The van der Waals surface area contributed by atoms with Gasteiger partial charge in [-0.2, -0.15) is 5.26 Å². The molecule has 2 aromatic carbocycles. The number of ether oxygens (including phenoxy) is 2. The number of amides is 1. The van der Waals surface area contributed by atoms with Crippen LogP contribution in [-0.2, 0) is 19.7 Å². The van der Waals surface area contributed by atoms with E-state index in [0.29, 0.717) is 5.75 Å². The van der Waals surface area contributed by atoms with Crippen LogP contribution < -0.4 is 10.1 Å². The summed E-state index contributed by atoms with van der Waals surface area (Å²) in [5, 5.41) is 22.2. The molecule has 0 bridgehead atoms. The largest absolute Gasteiger partial charge is 0.482 e. The van der Waals surface area contributed by atoms with Crippen molar-refractivity contribution in [2.45, 2.75) is 26.2 Å². The molecule has 0 atom stereocenters. The van der Waals surface area contributed by atoms with Crippen molar-refractivity contribution in [2.75, 3.05) is 18.5 Å². The van der Waals surface area contributed by atoms with Gasteiger partial charge in [-0.1, -0.05) is 39.0 Å². The molecule has 0 aliphatic heterocycles. The number of carbonyl (C=O) groups is 2. The van der Waals surface area contributed by atoms with Gasteiger partial charge in [-0.15, -0.1) is 0 Å². The van der Waals surface area contributed by atoms with E-state index in [1.807, 2.05) is 32.9 Å². The molecule has 2 aromatic rings. The lowest BCUT2D eigenvalue weighted by molar-refractivity contribution is -0.384. The Bertz CT molecular complexity index is 1000. The zero-order chi connectivity index (χ0) is 22.3. The van der Waals surface area contributed by atoms with Gasteiger partial charge in [0.25, 0.3) is 11.6 Å². The third-order valence-electron chi connectivity index (χ3n) is 4.01. The van der Waals surface area contributed by atoms with Gasteiger partial charge in [0, 0.05) is 12.1 Å². The maximum Gasteiger partial charge on any atom is 0.344 e. The highest BCUT2D eigenvalue weighted by Crippen LogP contribution is 2.30. The normalized spacial score (nSPS) is 10.6. The molecule has 0 aliphatic carbocycles. The summed E-state index contributed by atoms with van der Waals surface area (Å²) >= 11 is 0. The number of para-hydroxylation sites is 1. The Labute approximate surface area is 173 Å². The second-order valence-electron chi connectivity index (χ2n) is 7.34. The summed E-state index contributed by atoms with van der Waals surface area (Å²) in [4.78, 5) is 34.0. The Hall–Kier alpha value is -3.93. The van der Waals surface area contributed by atoms with Crippen molar-refractivity contribution in [3.05, 3.63) is 63.7 Å². The summed E-state index contributed by atoms with van der Waals surface area (Å²) in [7, 11) is 0. The van der Waals surface area contributed by atoms with Crippen molar-refractivity contribution in [1.82, 2.24) is 0 Å². The number of nitrogens with zero attached hydrogens (tertiary/aromatic N) is 2. The Morgan fingerprint density at radius 1 is 1.17 bits per heavy atom. The molecule has 1 amide bonds. The summed E-state index contributed by atoms with van der Waals surface area (Å²) < 4.78 is 10.4. The Balaban J connectivity index is 1.90. The molecule has 0 aromatic heterocycles. The number of carbonyl (C=O) groups excluding carboxylic acids is 2. The summed E-state index contributed by atoms with van der Waals surface area (Å²) in [5.74, 6) is -0.877. The van der Waals surface area contributed by atoms with Crippen LogP contribution in [0.1, 0.15) is 31.9 Å². The van der Waals surface area contributed by atoms with E-state index in [2.05, 4.69) is 5.32 Å². The standard InChI is InChI=1S/C21H21N3O6/c1-21(2,3)16-6-4-5-7-18(16)29-13-20(26)30-12-19(25)23-17-9-8-15(24(27)28)10-14(17)11-22/h4-10H,12-13H2,1-3H3,(H,23,25). The van der Waals surface area contributed by atoms with Gasteiger partial charge in [0.2, 0.25) is 0 Å². The SMILES string of the molecule is CC(C)(C)c1ccccc1OCC(=O)OCC(=O)Nc1ccc([N+](=O)[O-])cc1C#N. The van der Waals surface area contributed by atoms with E-state index in [1.165, 1.54) is 6.07 Å². The van der Waals surface area contributed by atoms with Crippen LogP contribution in [0.4, 0.5) is 11.4 Å². The molecule has 0 saturated heterocycles. The molecule has 0 spiro atoms. The predicted octanol–water partition coefficient (Wildman–Crippen LogP) is 3.32. The van der Waals surface area contributed by atoms with Crippen LogP contribution in [0, 0.1) is 21.4 Å². The Morgan fingerprint density at radius 2 is 1.87 bits per heavy atom. The number of nitro groups is 1.